The number of phenols is 1. The molecule has 1 aromatic heterocycles. The number of aromatic nitrogens is 1. The van der Waals surface area contributed by atoms with Gasteiger partial charge in [-0.1, -0.05) is 42.5 Å². The number of likely N-dealkylation sites (N-methyl/N-ethyl adjacent to an activating group) is 1. The maximum atomic E-state index is 14.5. The fourth-order valence-corrected chi connectivity index (χ4v) is 7.74. The van der Waals surface area contributed by atoms with Crippen LogP contribution in [0.4, 0.5) is 10.1 Å². The summed E-state index contributed by atoms with van der Waals surface area (Å²) in [4.78, 5) is 26.9. The lowest BCUT2D eigenvalue weighted by molar-refractivity contribution is 0.0726. The van der Waals surface area contributed by atoms with E-state index in [9.17, 15) is 14.3 Å². The minimum Gasteiger partial charge on any atom is -0.508 e. The number of amides is 1. The number of phenolic OH excluding ortho intramolecular Hbond substituents is 1. The maximum absolute atomic E-state index is 14.5. The summed E-state index contributed by atoms with van der Waals surface area (Å²) >= 11 is 0. The average molecular weight is 630 g/mol. The van der Waals surface area contributed by atoms with Crippen LogP contribution in [0.25, 0.3) is 22.0 Å². The summed E-state index contributed by atoms with van der Waals surface area (Å²) in [5, 5.41) is 11.9. The predicted octanol–water partition coefficient (Wildman–Crippen LogP) is 6.64. The van der Waals surface area contributed by atoms with Crippen molar-refractivity contribution in [3.63, 3.8) is 0 Å². The highest BCUT2D eigenvalue weighted by molar-refractivity contribution is 6.00. The first-order valence-corrected chi connectivity index (χ1v) is 16.7. The number of para-hydroxylation sites is 1. The first-order chi connectivity index (χ1) is 22.9. The van der Waals surface area contributed by atoms with Crippen molar-refractivity contribution in [1.82, 2.24) is 19.7 Å². The molecule has 3 aliphatic heterocycles. The average Bonchev–Trinajstić information content (AvgIpc) is 3.67. The lowest BCUT2D eigenvalue weighted by Crippen LogP contribution is -2.52. The minimum atomic E-state index is -0.693. The molecule has 2 saturated heterocycles. The number of nitrogens with zero attached hydrogens (tertiary/aromatic N) is 4. The van der Waals surface area contributed by atoms with Gasteiger partial charge in [0.2, 0.25) is 0 Å². The number of fused-ring (bicyclic) bond motifs is 2. The van der Waals surface area contributed by atoms with Crippen LogP contribution in [0.2, 0.25) is 0 Å². The van der Waals surface area contributed by atoms with E-state index in [1.54, 1.807) is 4.90 Å². The molecule has 1 unspecified atom stereocenters. The summed E-state index contributed by atoms with van der Waals surface area (Å²) in [7, 11) is 2.21. The van der Waals surface area contributed by atoms with Crippen LogP contribution in [0.5, 0.6) is 5.75 Å². The number of piperazine rings is 1. The number of benzene rings is 4. The third kappa shape index (κ3) is 5.66. The van der Waals surface area contributed by atoms with Crippen LogP contribution in [0.15, 0.2) is 91.0 Å². The van der Waals surface area contributed by atoms with E-state index in [2.05, 4.69) is 57.1 Å². The molecule has 0 aliphatic carbocycles. The standard InChI is InChI=1S/C39H40FN5O2/c1-42-18-20-44(21-19-42)32-14-16-43(17-15-32)31-11-8-26(9-12-31)27-6-7-29-25-45(39(47)33(29)22-27)38(34-24-30(40)10-13-37(34)46)36-23-28-4-2-3-5-35(28)41-36/h2-13,22-24,32,38,41,46H,14-21,25H2,1H3. The topological polar surface area (TPSA) is 66.0 Å². The number of carbonyl (C=O) groups excluding carboxylic acids is 1. The third-order valence-corrected chi connectivity index (χ3v) is 10.5. The number of piperidine rings is 1. The van der Waals surface area contributed by atoms with Crippen LogP contribution in [0.3, 0.4) is 0 Å². The van der Waals surface area contributed by atoms with Crippen LogP contribution < -0.4 is 4.90 Å². The van der Waals surface area contributed by atoms with E-state index in [4.69, 9.17) is 0 Å². The normalized spacial score (nSPS) is 18.6. The zero-order valence-corrected chi connectivity index (χ0v) is 26.7. The summed E-state index contributed by atoms with van der Waals surface area (Å²) in [6.07, 6.45) is 2.39. The number of anilines is 1. The van der Waals surface area contributed by atoms with Gasteiger partial charge in [0.1, 0.15) is 17.6 Å². The Balaban J connectivity index is 1.02. The van der Waals surface area contributed by atoms with E-state index in [0.29, 0.717) is 23.7 Å². The van der Waals surface area contributed by atoms with Crippen molar-refractivity contribution in [3.05, 3.63) is 119 Å². The van der Waals surface area contributed by atoms with Crippen LogP contribution in [0, 0.1) is 5.82 Å². The van der Waals surface area contributed by atoms with Gasteiger partial charge in [-0.25, -0.2) is 4.39 Å². The van der Waals surface area contributed by atoms with E-state index in [1.165, 1.54) is 49.8 Å². The van der Waals surface area contributed by atoms with Gasteiger partial charge in [0.05, 0.1) is 0 Å². The monoisotopic (exact) mass is 629 g/mol. The Kier molecular flexibility index (Phi) is 7.70. The summed E-state index contributed by atoms with van der Waals surface area (Å²) in [5.41, 5.74) is 6.81. The Hall–Kier alpha value is -4.66. The Morgan fingerprint density at radius 3 is 2.34 bits per heavy atom. The highest BCUT2D eigenvalue weighted by Crippen LogP contribution is 2.41. The molecule has 0 bridgehead atoms. The van der Waals surface area contributed by atoms with Crippen LogP contribution in [0.1, 0.15) is 46.1 Å². The highest BCUT2D eigenvalue weighted by atomic mass is 19.1. The number of aromatic amines is 1. The summed E-state index contributed by atoms with van der Waals surface area (Å²) < 4.78 is 14.5. The zero-order valence-electron chi connectivity index (χ0n) is 26.7. The lowest BCUT2D eigenvalue weighted by Gasteiger charge is -2.42. The van der Waals surface area contributed by atoms with Crippen molar-refractivity contribution >= 4 is 22.5 Å². The largest absolute Gasteiger partial charge is 0.508 e. The molecule has 2 fully saturated rings. The predicted molar refractivity (Wildman–Crippen MR) is 184 cm³/mol. The number of aromatic hydroxyl groups is 1. The van der Waals surface area contributed by atoms with Gasteiger partial charge in [0.15, 0.2) is 0 Å². The maximum Gasteiger partial charge on any atom is 0.255 e. The fraction of sp³-hybridized carbons (Fsp3) is 0.308. The number of rotatable bonds is 6. The van der Waals surface area contributed by atoms with Gasteiger partial charge in [0.25, 0.3) is 5.91 Å². The van der Waals surface area contributed by atoms with Gasteiger partial charge in [-0.2, -0.15) is 0 Å². The lowest BCUT2D eigenvalue weighted by atomic mass is 9.99. The van der Waals surface area contributed by atoms with Gasteiger partial charge < -0.3 is 24.8 Å². The number of hydrogen-bond donors (Lipinski definition) is 2. The molecule has 47 heavy (non-hydrogen) atoms. The molecule has 0 saturated carbocycles. The van der Waals surface area contributed by atoms with Crippen molar-refractivity contribution in [2.24, 2.45) is 0 Å². The van der Waals surface area contributed by atoms with Crippen molar-refractivity contribution in [2.45, 2.75) is 31.5 Å². The number of hydrogen-bond acceptors (Lipinski definition) is 5. The molecule has 1 amide bonds. The van der Waals surface area contributed by atoms with Crippen LogP contribution >= 0.6 is 0 Å². The second-order valence-corrected chi connectivity index (χ2v) is 13.3. The Labute approximate surface area is 274 Å². The van der Waals surface area contributed by atoms with Gasteiger partial charge in [-0.3, -0.25) is 9.69 Å². The first-order valence-electron chi connectivity index (χ1n) is 16.7. The van der Waals surface area contributed by atoms with E-state index in [1.807, 2.05) is 42.5 Å². The fourth-order valence-electron chi connectivity index (χ4n) is 7.74. The Morgan fingerprint density at radius 1 is 0.830 bits per heavy atom. The van der Waals surface area contributed by atoms with Crippen molar-refractivity contribution in [1.29, 1.82) is 0 Å². The van der Waals surface area contributed by atoms with Gasteiger partial charge in [0, 0.05) is 79.9 Å². The number of nitrogens with one attached hydrogen (secondary N) is 1. The van der Waals surface area contributed by atoms with Gasteiger partial charge in [-0.15, -0.1) is 0 Å². The molecule has 2 N–H and O–H groups in total. The third-order valence-electron chi connectivity index (χ3n) is 10.5. The summed E-state index contributed by atoms with van der Waals surface area (Å²) in [6.45, 7) is 7.16. The number of halogens is 1. The molecule has 0 spiro atoms. The quantitative estimate of drug-likeness (QED) is 0.221. The summed E-state index contributed by atoms with van der Waals surface area (Å²) in [5.74, 6) is -0.662. The van der Waals surface area contributed by atoms with E-state index < -0.39 is 11.9 Å². The molecule has 240 valence electrons. The summed E-state index contributed by atoms with van der Waals surface area (Å²) in [6, 6.07) is 28.5. The SMILES string of the molecule is CN1CCN(C2CCN(c3ccc(-c4ccc5c(c4)C(=O)N(C(c4cc6ccccc6[nH]4)c4cc(F)ccc4O)C5)cc3)CC2)CC1. The molecule has 8 heteroatoms. The van der Waals surface area contributed by atoms with E-state index in [-0.39, 0.29) is 11.7 Å². The number of carbonyl (C=O) groups is 1. The molecule has 5 aromatic rings. The second kappa shape index (κ2) is 12.2. The molecular weight excluding hydrogens is 589 g/mol. The molecule has 1 atom stereocenters. The Morgan fingerprint density at radius 2 is 1.57 bits per heavy atom. The van der Waals surface area contributed by atoms with Gasteiger partial charge in [-0.05, 0) is 90.5 Å². The molecule has 0 radical (unpaired) electrons. The highest BCUT2D eigenvalue weighted by Gasteiger charge is 2.37. The first kappa shape index (κ1) is 29.7. The Bertz CT molecular complexity index is 1890. The minimum absolute atomic E-state index is 0.0526. The molecule has 8 rings (SSSR count). The van der Waals surface area contributed by atoms with Crippen molar-refractivity contribution in [2.75, 3.05) is 51.2 Å². The van der Waals surface area contributed by atoms with Crippen molar-refractivity contribution < 1.29 is 14.3 Å². The molecule has 4 heterocycles. The van der Waals surface area contributed by atoms with Crippen LogP contribution in [-0.2, 0) is 6.54 Å². The number of H-pyrrole nitrogens is 1. The van der Waals surface area contributed by atoms with Crippen molar-refractivity contribution in [3.8, 4) is 16.9 Å². The van der Waals surface area contributed by atoms with E-state index >= 15 is 0 Å². The smallest absolute Gasteiger partial charge is 0.255 e. The second-order valence-electron chi connectivity index (χ2n) is 13.3. The zero-order chi connectivity index (χ0) is 32.1. The van der Waals surface area contributed by atoms with Crippen LogP contribution in [-0.4, -0.2) is 83.1 Å². The van der Waals surface area contributed by atoms with Gasteiger partial charge >= 0.3 is 0 Å². The van der Waals surface area contributed by atoms with E-state index in [0.717, 1.165) is 59.5 Å². The molecule has 7 nitrogen and oxygen atoms in total. The molecule has 3 aliphatic rings. The molecule has 4 aromatic carbocycles. The molecular formula is C39H40FN5O2.